The number of carbonyl (C=O) groups is 1. The fourth-order valence-electron chi connectivity index (χ4n) is 1.61. The number of benzene rings is 1. The van der Waals surface area contributed by atoms with Gasteiger partial charge in [-0.05, 0) is 37.3 Å². The molecule has 0 unspecified atom stereocenters. The smallest absolute Gasteiger partial charge is 0.221 e. The molecule has 2 aromatic rings. The van der Waals surface area contributed by atoms with Crippen molar-refractivity contribution in [2.45, 2.75) is 13.8 Å². The molecule has 2 N–H and O–H groups in total. The summed E-state index contributed by atoms with van der Waals surface area (Å²) in [4.78, 5) is 11.0. The lowest BCUT2D eigenvalue weighted by Gasteiger charge is -2.07. The van der Waals surface area contributed by atoms with E-state index in [1.165, 1.54) is 6.92 Å². The van der Waals surface area contributed by atoms with Gasteiger partial charge in [-0.25, -0.2) is 0 Å². The Morgan fingerprint density at radius 3 is 2.88 bits per heavy atom. The van der Waals surface area contributed by atoms with E-state index < -0.39 is 0 Å². The number of carbonyl (C=O) groups excluding carboxylic acids is 1. The third-order valence-corrected chi connectivity index (χ3v) is 2.54. The highest BCUT2D eigenvalue weighted by molar-refractivity contribution is 7.71. The first-order chi connectivity index (χ1) is 8.08. The van der Waals surface area contributed by atoms with Crippen molar-refractivity contribution in [2.24, 2.45) is 0 Å². The minimum absolute atomic E-state index is 0.102. The first-order valence-corrected chi connectivity index (χ1v) is 5.51. The van der Waals surface area contributed by atoms with Crippen molar-refractivity contribution in [1.82, 2.24) is 14.8 Å². The summed E-state index contributed by atoms with van der Waals surface area (Å²) in [5, 5.41) is 9.49. The Balaban J connectivity index is 2.47. The molecule has 5 nitrogen and oxygen atoms in total. The SMILES string of the molecule is CC(=O)Nc1cccc(-n2c(C)n[nH]c2=S)c1. The van der Waals surface area contributed by atoms with Gasteiger partial charge in [-0.2, -0.15) is 5.10 Å². The maximum Gasteiger partial charge on any atom is 0.221 e. The molecule has 0 saturated heterocycles. The van der Waals surface area contributed by atoms with Crippen molar-refractivity contribution >= 4 is 23.8 Å². The van der Waals surface area contributed by atoms with Crippen LogP contribution < -0.4 is 5.32 Å². The molecular formula is C11H12N4OS. The maximum atomic E-state index is 11.0. The summed E-state index contributed by atoms with van der Waals surface area (Å²) in [5.74, 6) is 0.671. The molecule has 0 aliphatic rings. The molecular weight excluding hydrogens is 236 g/mol. The molecule has 0 bridgehead atoms. The predicted molar refractivity (Wildman–Crippen MR) is 67.8 cm³/mol. The number of hydrogen-bond acceptors (Lipinski definition) is 3. The molecule has 0 atom stereocenters. The molecule has 1 aromatic heterocycles. The molecule has 17 heavy (non-hydrogen) atoms. The summed E-state index contributed by atoms with van der Waals surface area (Å²) in [7, 11) is 0. The molecule has 0 fully saturated rings. The normalized spacial score (nSPS) is 10.2. The van der Waals surface area contributed by atoms with Gasteiger partial charge in [0.25, 0.3) is 0 Å². The minimum atomic E-state index is -0.102. The van der Waals surface area contributed by atoms with Crippen molar-refractivity contribution in [3.8, 4) is 5.69 Å². The third-order valence-electron chi connectivity index (χ3n) is 2.26. The predicted octanol–water partition coefficient (Wildman–Crippen LogP) is 2.20. The highest BCUT2D eigenvalue weighted by atomic mass is 32.1. The number of aryl methyl sites for hydroxylation is 1. The second-order valence-corrected chi connectivity index (χ2v) is 4.03. The van der Waals surface area contributed by atoms with E-state index in [9.17, 15) is 4.79 Å². The molecule has 0 aliphatic heterocycles. The number of amides is 1. The maximum absolute atomic E-state index is 11.0. The molecule has 6 heteroatoms. The lowest BCUT2D eigenvalue weighted by molar-refractivity contribution is -0.114. The first kappa shape index (κ1) is 11.5. The number of anilines is 1. The number of H-pyrrole nitrogens is 1. The Labute approximate surface area is 103 Å². The van der Waals surface area contributed by atoms with Gasteiger partial charge >= 0.3 is 0 Å². The highest BCUT2D eigenvalue weighted by Crippen LogP contribution is 2.16. The number of nitrogens with one attached hydrogen (secondary N) is 2. The minimum Gasteiger partial charge on any atom is -0.326 e. The molecule has 2 rings (SSSR count). The van der Waals surface area contributed by atoms with E-state index in [1.54, 1.807) is 4.57 Å². The van der Waals surface area contributed by atoms with Gasteiger partial charge in [0.2, 0.25) is 5.91 Å². The van der Waals surface area contributed by atoms with E-state index in [2.05, 4.69) is 15.5 Å². The average Bonchev–Trinajstić information content (AvgIpc) is 2.58. The van der Waals surface area contributed by atoms with Crippen LogP contribution in [0.25, 0.3) is 5.69 Å². The molecule has 0 aliphatic carbocycles. The topological polar surface area (TPSA) is 62.7 Å². The second kappa shape index (κ2) is 4.50. The summed E-state index contributed by atoms with van der Waals surface area (Å²) >= 11 is 5.14. The van der Waals surface area contributed by atoms with Gasteiger partial charge < -0.3 is 5.32 Å². The highest BCUT2D eigenvalue weighted by Gasteiger charge is 2.04. The molecule has 1 heterocycles. The van der Waals surface area contributed by atoms with Crippen molar-refractivity contribution in [3.63, 3.8) is 0 Å². The number of hydrogen-bond donors (Lipinski definition) is 2. The summed E-state index contributed by atoms with van der Waals surface area (Å²) in [6, 6.07) is 7.43. The van der Waals surface area contributed by atoms with E-state index in [-0.39, 0.29) is 5.91 Å². The van der Waals surface area contributed by atoms with Gasteiger partial charge in [-0.3, -0.25) is 14.5 Å². The summed E-state index contributed by atoms with van der Waals surface area (Å²) < 4.78 is 2.34. The fraction of sp³-hybridized carbons (Fsp3) is 0.182. The van der Waals surface area contributed by atoms with Crippen LogP contribution >= 0.6 is 12.2 Å². The number of aromatic nitrogens is 3. The van der Waals surface area contributed by atoms with Gasteiger partial charge in [0.05, 0.1) is 5.69 Å². The Kier molecular flexibility index (Phi) is 3.06. The van der Waals surface area contributed by atoms with Gasteiger partial charge in [0, 0.05) is 12.6 Å². The van der Waals surface area contributed by atoms with Crippen LogP contribution in [0.4, 0.5) is 5.69 Å². The summed E-state index contributed by atoms with van der Waals surface area (Å²) in [5.41, 5.74) is 1.60. The van der Waals surface area contributed by atoms with Gasteiger partial charge in [-0.15, -0.1) is 0 Å². The Bertz CT molecular complexity index is 614. The molecule has 0 spiro atoms. The van der Waals surface area contributed by atoms with Crippen LogP contribution in [0.2, 0.25) is 0 Å². The second-order valence-electron chi connectivity index (χ2n) is 3.64. The summed E-state index contributed by atoms with van der Waals surface area (Å²) in [6.45, 7) is 3.33. The van der Waals surface area contributed by atoms with Gasteiger partial charge in [0.1, 0.15) is 5.82 Å². The molecule has 0 saturated carbocycles. The van der Waals surface area contributed by atoms with Crippen molar-refractivity contribution in [3.05, 3.63) is 34.9 Å². The van der Waals surface area contributed by atoms with E-state index in [0.29, 0.717) is 4.77 Å². The van der Waals surface area contributed by atoms with Crippen LogP contribution in [-0.4, -0.2) is 20.7 Å². The van der Waals surface area contributed by atoms with Gasteiger partial charge in [0.15, 0.2) is 4.77 Å². The molecule has 1 aromatic carbocycles. The zero-order valence-corrected chi connectivity index (χ0v) is 10.3. The lowest BCUT2D eigenvalue weighted by Crippen LogP contribution is -2.06. The number of aromatic amines is 1. The molecule has 88 valence electrons. The van der Waals surface area contributed by atoms with Gasteiger partial charge in [-0.1, -0.05) is 6.07 Å². The van der Waals surface area contributed by atoms with E-state index >= 15 is 0 Å². The van der Waals surface area contributed by atoms with Crippen LogP contribution in [0.3, 0.4) is 0 Å². The average molecular weight is 248 g/mol. The number of nitrogens with zero attached hydrogens (tertiary/aromatic N) is 2. The third kappa shape index (κ3) is 2.42. The fourth-order valence-corrected chi connectivity index (χ4v) is 1.89. The van der Waals surface area contributed by atoms with Crippen molar-refractivity contribution in [1.29, 1.82) is 0 Å². The van der Waals surface area contributed by atoms with Crippen LogP contribution in [0.15, 0.2) is 24.3 Å². The van der Waals surface area contributed by atoms with E-state index in [1.807, 2.05) is 31.2 Å². The van der Waals surface area contributed by atoms with Crippen LogP contribution in [-0.2, 0) is 4.79 Å². The zero-order valence-electron chi connectivity index (χ0n) is 9.52. The Morgan fingerprint density at radius 2 is 2.29 bits per heavy atom. The lowest BCUT2D eigenvalue weighted by atomic mass is 10.2. The monoisotopic (exact) mass is 248 g/mol. The first-order valence-electron chi connectivity index (χ1n) is 5.10. The largest absolute Gasteiger partial charge is 0.326 e. The van der Waals surface area contributed by atoms with E-state index in [4.69, 9.17) is 12.2 Å². The van der Waals surface area contributed by atoms with Crippen LogP contribution in [0.5, 0.6) is 0 Å². The number of rotatable bonds is 2. The zero-order chi connectivity index (χ0) is 12.4. The standard InChI is InChI=1S/C11H12N4OS/c1-7-13-14-11(17)15(7)10-5-3-4-9(6-10)12-8(2)16/h3-6H,1-2H3,(H,12,16)(H,14,17). The van der Waals surface area contributed by atoms with Crippen molar-refractivity contribution < 1.29 is 4.79 Å². The Morgan fingerprint density at radius 1 is 1.53 bits per heavy atom. The Hall–Kier alpha value is -1.95. The van der Waals surface area contributed by atoms with E-state index in [0.717, 1.165) is 17.2 Å². The van der Waals surface area contributed by atoms with Crippen LogP contribution in [0, 0.1) is 11.7 Å². The molecule has 0 radical (unpaired) electrons. The van der Waals surface area contributed by atoms with Crippen molar-refractivity contribution in [2.75, 3.05) is 5.32 Å². The molecule has 1 amide bonds. The van der Waals surface area contributed by atoms with Crippen LogP contribution in [0.1, 0.15) is 12.7 Å². The quantitative estimate of drug-likeness (QED) is 0.801. The summed E-state index contributed by atoms with van der Waals surface area (Å²) in [6.07, 6.45) is 0.